The zero-order valence-electron chi connectivity index (χ0n) is 10.9. The number of hydrogen-bond donors (Lipinski definition) is 2. The maximum absolute atomic E-state index is 12.1. The van der Waals surface area contributed by atoms with E-state index in [4.69, 9.17) is 4.74 Å². The van der Waals surface area contributed by atoms with Crippen LogP contribution in [0, 0.1) is 5.92 Å². The molecule has 0 radical (unpaired) electrons. The molecule has 0 bridgehead atoms. The molecule has 2 unspecified atom stereocenters. The van der Waals surface area contributed by atoms with Crippen LogP contribution in [0.1, 0.15) is 13.3 Å². The largest absolute Gasteiger partial charge is 0.506 e. The van der Waals surface area contributed by atoms with Crippen molar-refractivity contribution in [2.45, 2.75) is 18.9 Å². The molecule has 1 aromatic carbocycles. The Labute approximate surface area is 112 Å². The summed E-state index contributed by atoms with van der Waals surface area (Å²) in [4.78, 5) is 13.7. The lowest BCUT2D eigenvalue weighted by Gasteiger charge is -2.36. The molecule has 0 aliphatic carbocycles. The molecule has 2 fully saturated rings. The van der Waals surface area contributed by atoms with Crippen molar-refractivity contribution in [1.82, 2.24) is 5.32 Å². The zero-order chi connectivity index (χ0) is 13.5. The van der Waals surface area contributed by atoms with Gasteiger partial charge in [0.15, 0.2) is 0 Å². The number of cyclic esters (lactones) is 1. The molecule has 5 nitrogen and oxygen atoms in total. The van der Waals surface area contributed by atoms with Gasteiger partial charge in [-0.25, -0.2) is 4.79 Å². The summed E-state index contributed by atoms with van der Waals surface area (Å²) < 4.78 is 5.25. The fourth-order valence-corrected chi connectivity index (χ4v) is 3.06. The SMILES string of the molecule is CC1(C2CCNC2)COC(=O)N1c1ccccc1O. The normalized spacial score (nSPS) is 30.7. The van der Waals surface area contributed by atoms with Gasteiger partial charge < -0.3 is 15.2 Å². The van der Waals surface area contributed by atoms with Crippen LogP contribution in [-0.4, -0.2) is 36.4 Å². The summed E-state index contributed by atoms with van der Waals surface area (Å²) in [6, 6.07) is 6.90. The van der Waals surface area contributed by atoms with Crippen molar-refractivity contribution in [2.24, 2.45) is 5.92 Å². The molecular weight excluding hydrogens is 244 g/mol. The van der Waals surface area contributed by atoms with Gasteiger partial charge in [0.05, 0.1) is 11.2 Å². The molecule has 0 saturated carbocycles. The molecule has 0 spiro atoms. The van der Waals surface area contributed by atoms with Crippen LogP contribution in [0.2, 0.25) is 0 Å². The van der Waals surface area contributed by atoms with Crippen LogP contribution in [0.5, 0.6) is 5.75 Å². The number of aromatic hydroxyl groups is 1. The Balaban J connectivity index is 2.01. The minimum absolute atomic E-state index is 0.110. The Morgan fingerprint density at radius 3 is 2.95 bits per heavy atom. The number of ether oxygens (including phenoxy) is 1. The number of para-hydroxylation sites is 2. The van der Waals surface area contributed by atoms with E-state index in [0.717, 1.165) is 19.5 Å². The molecule has 19 heavy (non-hydrogen) atoms. The maximum Gasteiger partial charge on any atom is 0.415 e. The summed E-state index contributed by atoms with van der Waals surface area (Å²) in [7, 11) is 0. The van der Waals surface area contributed by atoms with Crippen molar-refractivity contribution >= 4 is 11.8 Å². The average Bonchev–Trinajstić information content (AvgIpc) is 3.01. The van der Waals surface area contributed by atoms with Gasteiger partial charge >= 0.3 is 6.09 Å². The Kier molecular flexibility index (Phi) is 2.86. The van der Waals surface area contributed by atoms with Gasteiger partial charge in [-0.1, -0.05) is 12.1 Å². The predicted molar refractivity (Wildman–Crippen MR) is 71.3 cm³/mol. The van der Waals surface area contributed by atoms with Gasteiger partial charge in [-0.05, 0) is 37.9 Å². The molecule has 2 N–H and O–H groups in total. The van der Waals surface area contributed by atoms with Crippen molar-refractivity contribution in [3.63, 3.8) is 0 Å². The van der Waals surface area contributed by atoms with Crippen LogP contribution in [0.15, 0.2) is 24.3 Å². The van der Waals surface area contributed by atoms with E-state index in [2.05, 4.69) is 5.32 Å². The van der Waals surface area contributed by atoms with Crippen molar-refractivity contribution in [2.75, 3.05) is 24.6 Å². The summed E-state index contributed by atoms with van der Waals surface area (Å²) in [5.74, 6) is 0.442. The molecule has 2 aliphatic rings. The number of carbonyl (C=O) groups excluding carboxylic acids is 1. The molecule has 3 rings (SSSR count). The van der Waals surface area contributed by atoms with Crippen molar-refractivity contribution in [1.29, 1.82) is 0 Å². The number of hydrogen-bond acceptors (Lipinski definition) is 4. The smallest absolute Gasteiger partial charge is 0.415 e. The Morgan fingerprint density at radius 1 is 1.47 bits per heavy atom. The third-order valence-corrected chi connectivity index (χ3v) is 4.24. The van der Waals surface area contributed by atoms with Crippen LogP contribution in [0.25, 0.3) is 0 Å². The fourth-order valence-electron chi connectivity index (χ4n) is 3.06. The summed E-state index contributed by atoms with van der Waals surface area (Å²) in [5.41, 5.74) is 0.124. The lowest BCUT2D eigenvalue weighted by atomic mass is 9.84. The number of carbonyl (C=O) groups is 1. The predicted octanol–water partition coefficient (Wildman–Crippen LogP) is 1.72. The first kappa shape index (κ1) is 12.3. The van der Waals surface area contributed by atoms with Crippen LogP contribution >= 0.6 is 0 Å². The fraction of sp³-hybridized carbons (Fsp3) is 0.500. The number of phenolic OH excluding ortho intramolecular Hbond substituents is 1. The molecule has 2 aliphatic heterocycles. The van der Waals surface area contributed by atoms with Crippen molar-refractivity contribution < 1.29 is 14.6 Å². The standard InChI is InChI=1S/C14H18N2O3/c1-14(10-6-7-15-8-10)9-19-13(18)16(14)11-4-2-3-5-12(11)17/h2-5,10,15,17H,6-9H2,1H3. The van der Waals surface area contributed by atoms with E-state index in [0.29, 0.717) is 18.2 Å². The molecule has 102 valence electrons. The Bertz CT molecular complexity index is 499. The monoisotopic (exact) mass is 262 g/mol. The van der Waals surface area contributed by atoms with Gasteiger partial charge in [-0.15, -0.1) is 0 Å². The van der Waals surface area contributed by atoms with E-state index in [-0.39, 0.29) is 11.8 Å². The third-order valence-electron chi connectivity index (χ3n) is 4.24. The number of amides is 1. The molecule has 2 atom stereocenters. The first-order chi connectivity index (χ1) is 9.13. The Hall–Kier alpha value is -1.75. The van der Waals surface area contributed by atoms with Crippen molar-refractivity contribution in [3.05, 3.63) is 24.3 Å². The van der Waals surface area contributed by atoms with E-state index < -0.39 is 5.54 Å². The maximum atomic E-state index is 12.1. The molecule has 2 saturated heterocycles. The van der Waals surface area contributed by atoms with Gasteiger partial charge in [-0.3, -0.25) is 4.90 Å². The Morgan fingerprint density at radius 2 is 2.26 bits per heavy atom. The van der Waals surface area contributed by atoms with Crippen LogP contribution in [-0.2, 0) is 4.74 Å². The van der Waals surface area contributed by atoms with E-state index in [1.165, 1.54) is 0 Å². The molecule has 1 aromatic rings. The number of nitrogens with one attached hydrogen (secondary N) is 1. The molecule has 5 heteroatoms. The highest BCUT2D eigenvalue weighted by Gasteiger charge is 2.51. The summed E-state index contributed by atoms with van der Waals surface area (Å²) >= 11 is 0. The quantitative estimate of drug-likeness (QED) is 0.852. The highest BCUT2D eigenvalue weighted by Crippen LogP contribution is 2.41. The molecule has 0 aromatic heterocycles. The molecular formula is C14H18N2O3. The van der Waals surface area contributed by atoms with Gasteiger partial charge in [0.2, 0.25) is 0 Å². The second-order valence-electron chi connectivity index (χ2n) is 5.43. The van der Waals surface area contributed by atoms with Gasteiger partial charge in [0.1, 0.15) is 12.4 Å². The summed E-state index contributed by atoms with van der Waals surface area (Å²) in [6.07, 6.45) is 0.632. The molecule has 1 amide bonds. The number of phenols is 1. The number of rotatable bonds is 2. The second kappa shape index (κ2) is 4.42. The second-order valence-corrected chi connectivity index (χ2v) is 5.43. The van der Waals surface area contributed by atoms with Crippen LogP contribution in [0.4, 0.5) is 10.5 Å². The van der Waals surface area contributed by atoms with Crippen LogP contribution < -0.4 is 10.2 Å². The van der Waals surface area contributed by atoms with Gasteiger partial charge in [-0.2, -0.15) is 0 Å². The van der Waals surface area contributed by atoms with E-state index in [9.17, 15) is 9.90 Å². The lowest BCUT2D eigenvalue weighted by Crippen LogP contribution is -2.51. The zero-order valence-corrected chi connectivity index (χ0v) is 10.9. The number of benzene rings is 1. The third kappa shape index (κ3) is 1.85. The first-order valence-corrected chi connectivity index (χ1v) is 6.58. The van der Waals surface area contributed by atoms with E-state index in [1.807, 2.05) is 13.0 Å². The van der Waals surface area contributed by atoms with E-state index >= 15 is 0 Å². The average molecular weight is 262 g/mol. The lowest BCUT2D eigenvalue weighted by molar-refractivity contribution is 0.166. The van der Waals surface area contributed by atoms with Crippen molar-refractivity contribution in [3.8, 4) is 5.75 Å². The highest BCUT2D eigenvalue weighted by molar-refractivity contribution is 5.93. The van der Waals surface area contributed by atoms with Gasteiger partial charge in [0, 0.05) is 6.54 Å². The number of nitrogens with zero attached hydrogens (tertiary/aromatic N) is 1. The first-order valence-electron chi connectivity index (χ1n) is 6.58. The van der Waals surface area contributed by atoms with Crippen LogP contribution in [0.3, 0.4) is 0 Å². The minimum atomic E-state index is -0.403. The summed E-state index contributed by atoms with van der Waals surface area (Å²) in [5, 5.41) is 13.3. The highest BCUT2D eigenvalue weighted by atomic mass is 16.6. The van der Waals surface area contributed by atoms with Gasteiger partial charge in [0.25, 0.3) is 0 Å². The number of anilines is 1. The molecule has 2 heterocycles. The topological polar surface area (TPSA) is 61.8 Å². The minimum Gasteiger partial charge on any atom is -0.506 e. The van der Waals surface area contributed by atoms with E-state index in [1.54, 1.807) is 23.1 Å². The summed E-state index contributed by atoms with van der Waals surface area (Å²) in [6.45, 7) is 4.23.